The first-order chi connectivity index (χ1) is 13.9. The fourth-order valence-corrected chi connectivity index (χ4v) is 3.50. The first-order valence-electron chi connectivity index (χ1n) is 9.45. The number of aryl methyl sites for hydroxylation is 2. The number of nitrogens with zero attached hydrogens (tertiary/aromatic N) is 2. The summed E-state index contributed by atoms with van der Waals surface area (Å²) < 4.78 is 7.82. The number of hydrogen-bond acceptors (Lipinski definition) is 3. The average Bonchev–Trinajstić information content (AvgIpc) is 3.04. The smallest absolute Gasteiger partial charge is 0.323 e. The fourth-order valence-electron chi connectivity index (χ4n) is 3.50. The van der Waals surface area contributed by atoms with Gasteiger partial charge < -0.3 is 14.4 Å². The van der Waals surface area contributed by atoms with Gasteiger partial charge in [-0.15, -0.1) is 0 Å². The lowest BCUT2D eigenvalue weighted by molar-refractivity contribution is -0.137. The quantitative estimate of drug-likeness (QED) is 0.491. The Labute approximate surface area is 169 Å². The highest BCUT2D eigenvalue weighted by Gasteiger charge is 2.15. The Balaban J connectivity index is 1.69. The van der Waals surface area contributed by atoms with Crippen LogP contribution in [0.1, 0.15) is 16.7 Å². The van der Waals surface area contributed by atoms with Gasteiger partial charge in [-0.3, -0.25) is 4.79 Å². The number of carboxylic acid groups (broad SMARTS) is 1. The second kappa shape index (κ2) is 7.43. The minimum absolute atomic E-state index is 0.143. The van der Waals surface area contributed by atoms with Crippen LogP contribution in [0.25, 0.3) is 22.4 Å². The predicted octanol–water partition coefficient (Wildman–Crippen LogP) is 5.51. The summed E-state index contributed by atoms with van der Waals surface area (Å²) in [7, 11) is 0. The minimum atomic E-state index is -0.903. The van der Waals surface area contributed by atoms with E-state index in [1.807, 2.05) is 61.5 Å². The lowest BCUT2D eigenvalue weighted by Crippen LogP contribution is -2.09. The first kappa shape index (κ1) is 18.7. The summed E-state index contributed by atoms with van der Waals surface area (Å²) in [5.74, 6) is 1.29. The molecule has 5 nitrogen and oxygen atoms in total. The number of para-hydroxylation sites is 2. The maximum Gasteiger partial charge on any atom is 0.323 e. The lowest BCUT2D eigenvalue weighted by atomic mass is 10.1. The molecule has 0 aliphatic rings. The second-order valence-corrected chi connectivity index (χ2v) is 7.24. The molecule has 5 heteroatoms. The number of benzene rings is 3. The summed E-state index contributed by atoms with van der Waals surface area (Å²) in [6, 6.07) is 19.3. The van der Waals surface area contributed by atoms with E-state index in [1.54, 1.807) is 4.57 Å². The molecule has 0 aliphatic carbocycles. The molecule has 0 aliphatic heterocycles. The van der Waals surface area contributed by atoms with Gasteiger partial charge in [0.05, 0.1) is 11.0 Å². The first-order valence-corrected chi connectivity index (χ1v) is 9.45. The molecular formula is C24H22N2O3. The molecular weight excluding hydrogens is 364 g/mol. The lowest BCUT2D eigenvalue weighted by Gasteiger charge is -2.12. The van der Waals surface area contributed by atoms with Crippen molar-refractivity contribution in [2.75, 3.05) is 0 Å². The third-order valence-electron chi connectivity index (χ3n) is 5.05. The van der Waals surface area contributed by atoms with Gasteiger partial charge in [0.2, 0.25) is 0 Å². The van der Waals surface area contributed by atoms with Crippen LogP contribution in [-0.2, 0) is 11.3 Å². The van der Waals surface area contributed by atoms with E-state index in [0.717, 1.165) is 39.2 Å². The van der Waals surface area contributed by atoms with E-state index in [2.05, 4.69) is 24.9 Å². The number of carbonyl (C=O) groups is 1. The normalized spacial score (nSPS) is 11.0. The Bertz CT molecular complexity index is 1210. The number of ether oxygens (including phenoxy) is 1. The van der Waals surface area contributed by atoms with Crippen LogP contribution in [0.15, 0.2) is 60.7 Å². The van der Waals surface area contributed by atoms with Crippen LogP contribution in [0.5, 0.6) is 11.5 Å². The van der Waals surface area contributed by atoms with Crippen LogP contribution in [0.4, 0.5) is 0 Å². The highest BCUT2D eigenvalue weighted by Crippen LogP contribution is 2.31. The zero-order chi connectivity index (χ0) is 20.5. The van der Waals surface area contributed by atoms with Gasteiger partial charge in [0.1, 0.15) is 23.9 Å². The third kappa shape index (κ3) is 3.72. The van der Waals surface area contributed by atoms with Gasteiger partial charge in [0.25, 0.3) is 0 Å². The van der Waals surface area contributed by atoms with Crippen molar-refractivity contribution >= 4 is 17.0 Å². The molecule has 146 valence electrons. The van der Waals surface area contributed by atoms with Gasteiger partial charge in [-0.1, -0.05) is 18.2 Å². The van der Waals surface area contributed by atoms with Crippen molar-refractivity contribution in [3.63, 3.8) is 0 Å². The summed E-state index contributed by atoms with van der Waals surface area (Å²) in [6.45, 7) is 6.03. The van der Waals surface area contributed by atoms with E-state index in [4.69, 9.17) is 4.74 Å². The third-order valence-corrected chi connectivity index (χ3v) is 5.05. The van der Waals surface area contributed by atoms with Crippen molar-refractivity contribution in [1.82, 2.24) is 9.55 Å². The average molecular weight is 386 g/mol. The largest absolute Gasteiger partial charge is 0.480 e. The molecule has 1 heterocycles. The summed E-state index contributed by atoms with van der Waals surface area (Å²) in [5, 5.41) is 9.33. The molecule has 0 amide bonds. The van der Waals surface area contributed by atoms with Gasteiger partial charge in [-0.2, -0.15) is 0 Å². The van der Waals surface area contributed by atoms with E-state index >= 15 is 0 Å². The number of aromatic nitrogens is 2. The highest BCUT2D eigenvalue weighted by atomic mass is 16.5. The number of hydrogen-bond donors (Lipinski definition) is 1. The molecule has 4 rings (SSSR count). The van der Waals surface area contributed by atoms with Gasteiger partial charge in [0.15, 0.2) is 0 Å². The Morgan fingerprint density at radius 3 is 2.48 bits per heavy atom. The maximum absolute atomic E-state index is 11.4. The molecule has 0 saturated heterocycles. The molecule has 3 aromatic carbocycles. The molecule has 0 bridgehead atoms. The number of fused-ring (bicyclic) bond motifs is 1. The number of rotatable bonds is 5. The van der Waals surface area contributed by atoms with Crippen molar-refractivity contribution in [2.45, 2.75) is 27.3 Å². The summed E-state index contributed by atoms with van der Waals surface area (Å²) in [6.07, 6.45) is 0. The molecule has 0 unspecified atom stereocenters. The van der Waals surface area contributed by atoms with E-state index < -0.39 is 5.97 Å². The molecule has 0 fully saturated rings. The monoisotopic (exact) mass is 386 g/mol. The van der Waals surface area contributed by atoms with Crippen molar-refractivity contribution in [3.8, 4) is 22.9 Å². The molecule has 0 atom stereocenters. The molecule has 29 heavy (non-hydrogen) atoms. The molecule has 0 saturated carbocycles. The van der Waals surface area contributed by atoms with Crippen LogP contribution in [-0.4, -0.2) is 20.6 Å². The fraction of sp³-hybridized carbons (Fsp3) is 0.167. The zero-order valence-electron chi connectivity index (χ0n) is 16.6. The van der Waals surface area contributed by atoms with Crippen LogP contribution >= 0.6 is 0 Å². The number of carboxylic acids is 1. The van der Waals surface area contributed by atoms with Crippen molar-refractivity contribution < 1.29 is 14.6 Å². The van der Waals surface area contributed by atoms with Gasteiger partial charge >= 0.3 is 5.97 Å². The van der Waals surface area contributed by atoms with E-state index in [1.165, 1.54) is 5.56 Å². The van der Waals surface area contributed by atoms with Gasteiger partial charge in [-0.25, -0.2) is 4.98 Å². The van der Waals surface area contributed by atoms with Crippen LogP contribution in [0.3, 0.4) is 0 Å². The zero-order valence-corrected chi connectivity index (χ0v) is 16.6. The Hall–Kier alpha value is -3.60. The Kier molecular flexibility index (Phi) is 4.80. The SMILES string of the molecule is Cc1cc(C)c(C)c(Oc2ccc(-c3nc4ccccc4n3CC(=O)O)cc2)c1. The Morgan fingerprint density at radius 1 is 1.03 bits per heavy atom. The molecule has 4 aromatic rings. The maximum atomic E-state index is 11.4. The molecule has 0 spiro atoms. The summed E-state index contributed by atoms with van der Waals surface area (Å²) in [4.78, 5) is 16.0. The van der Waals surface area contributed by atoms with Crippen LogP contribution in [0, 0.1) is 20.8 Å². The predicted molar refractivity (Wildman–Crippen MR) is 114 cm³/mol. The van der Waals surface area contributed by atoms with E-state index in [0.29, 0.717) is 5.82 Å². The molecule has 1 N–H and O–H groups in total. The van der Waals surface area contributed by atoms with Crippen LogP contribution in [0.2, 0.25) is 0 Å². The molecule has 0 radical (unpaired) electrons. The summed E-state index contributed by atoms with van der Waals surface area (Å²) >= 11 is 0. The van der Waals surface area contributed by atoms with Crippen molar-refractivity contribution in [1.29, 1.82) is 0 Å². The second-order valence-electron chi connectivity index (χ2n) is 7.24. The number of imidazole rings is 1. The number of aliphatic carboxylic acids is 1. The summed E-state index contributed by atoms with van der Waals surface area (Å²) in [5.41, 5.74) is 5.88. The van der Waals surface area contributed by atoms with E-state index in [-0.39, 0.29) is 6.54 Å². The van der Waals surface area contributed by atoms with Gasteiger partial charge in [-0.05, 0) is 79.9 Å². The Morgan fingerprint density at radius 2 is 1.76 bits per heavy atom. The highest BCUT2D eigenvalue weighted by molar-refractivity contribution is 5.82. The van der Waals surface area contributed by atoms with Gasteiger partial charge in [0, 0.05) is 5.56 Å². The standard InChI is InChI=1S/C24H22N2O3/c1-15-12-16(2)17(3)22(13-15)29-19-10-8-18(9-11-19)24-25-20-6-4-5-7-21(20)26(24)14-23(27)28/h4-13H,14H2,1-3H3,(H,27,28). The molecule has 1 aromatic heterocycles. The van der Waals surface area contributed by atoms with E-state index in [9.17, 15) is 9.90 Å². The van der Waals surface area contributed by atoms with Crippen molar-refractivity contribution in [3.05, 3.63) is 77.4 Å². The topological polar surface area (TPSA) is 64.4 Å². The van der Waals surface area contributed by atoms with Crippen molar-refractivity contribution in [2.24, 2.45) is 0 Å². The minimum Gasteiger partial charge on any atom is -0.480 e. The van der Waals surface area contributed by atoms with Crippen LogP contribution < -0.4 is 4.74 Å².